The van der Waals surface area contributed by atoms with Gasteiger partial charge in [0.05, 0.1) is 12.7 Å². The van der Waals surface area contributed by atoms with Crippen LogP contribution in [0.4, 0.5) is 0 Å². The molecule has 0 fully saturated rings. The summed E-state index contributed by atoms with van der Waals surface area (Å²) in [4.78, 5) is 28.3. The third kappa shape index (κ3) is 3.75. The molecule has 0 aliphatic heterocycles. The van der Waals surface area contributed by atoms with Crippen molar-refractivity contribution in [2.24, 2.45) is 0 Å². The number of oxazole rings is 1. The van der Waals surface area contributed by atoms with Crippen LogP contribution in [0.2, 0.25) is 5.02 Å². The minimum Gasteiger partial charge on any atom is -0.464 e. The Morgan fingerprint density at radius 2 is 1.88 bits per heavy atom. The standard InChI is InChI=1S/C19H15ClN2O4/c1-25-19(24)16-17(26-11-22-16)14-4-2-3-5-15(14)18(23)21-10-12-6-8-13(20)9-7-12/h2-9,11H,10H2,1H3,(H,21,23). The predicted octanol–water partition coefficient (Wildman–Crippen LogP) is 3.71. The highest BCUT2D eigenvalue weighted by Gasteiger charge is 2.23. The molecular formula is C19H15ClN2O4. The zero-order chi connectivity index (χ0) is 18.5. The molecule has 0 radical (unpaired) electrons. The van der Waals surface area contributed by atoms with Crippen LogP contribution in [0.5, 0.6) is 0 Å². The molecule has 0 unspecified atom stereocenters. The highest BCUT2D eigenvalue weighted by Crippen LogP contribution is 2.27. The van der Waals surface area contributed by atoms with Crippen molar-refractivity contribution in [1.29, 1.82) is 0 Å². The Hall–Kier alpha value is -3.12. The van der Waals surface area contributed by atoms with Crippen LogP contribution in [0.1, 0.15) is 26.4 Å². The number of esters is 1. The molecule has 0 saturated carbocycles. The number of halogens is 1. The van der Waals surface area contributed by atoms with E-state index in [4.69, 9.17) is 20.8 Å². The van der Waals surface area contributed by atoms with Gasteiger partial charge in [0, 0.05) is 17.1 Å². The van der Waals surface area contributed by atoms with E-state index in [0.717, 1.165) is 12.0 Å². The number of hydrogen-bond acceptors (Lipinski definition) is 5. The zero-order valence-electron chi connectivity index (χ0n) is 13.9. The Morgan fingerprint density at radius 1 is 1.15 bits per heavy atom. The van der Waals surface area contributed by atoms with Gasteiger partial charge in [-0.2, -0.15) is 0 Å². The van der Waals surface area contributed by atoms with Crippen LogP contribution in [0.3, 0.4) is 0 Å². The highest BCUT2D eigenvalue weighted by molar-refractivity contribution is 6.30. The van der Waals surface area contributed by atoms with Crippen molar-refractivity contribution in [2.45, 2.75) is 6.54 Å². The number of methoxy groups -OCH3 is 1. The maximum Gasteiger partial charge on any atom is 0.360 e. The molecule has 1 N–H and O–H groups in total. The van der Waals surface area contributed by atoms with Crippen LogP contribution in [-0.4, -0.2) is 24.0 Å². The number of nitrogens with zero attached hydrogens (tertiary/aromatic N) is 1. The normalized spacial score (nSPS) is 10.4. The Kier molecular flexibility index (Phi) is 5.34. The van der Waals surface area contributed by atoms with E-state index < -0.39 is 5.97 Å². The zero-order valence-corrected chi connectivity index (χ0v) is 14.6. The van der Waals surface area contributed by atoms with Crippen LogP contribution in [0, 0.1) is 0 Å². The molecule has 7 heteroatoms. The van der Waals surface area contributed by atoms with Gasteiger partial charge in [0.25, 0.3) is 5.91 Å². The Morgan fingerprint density at radius 3 is 2.62 bits per heavy atom. The second-order valence-corrected chi connectivity index (χ2v) is 5.81. The number of rotatable bonds is 5. The van der Waals surface area contributed by atoms with Crippen molar-refractivity contribution < 1.29 is 18.7 Å². The largest absolute Gasteiger partial charge is 0.464 e. The minimum absolute atomic E-state index is 0.0189. The summed E-state index contributed by atoms with van der Waals surface area (Å²) in [6.45, 7) is 0.338. The van der Waals surface area contributed by atoms with Crippen molar-refractivity contribution >= 4 is 23.5 Å². The van der Waals surface area contributed by atoms with E-state index in [9.17, 15) is 9.59 Å². The van der Waals surface area contributed by atoms with Gasteiger partial charge in [0.2, 0.25) is 0 Å². The van der Waals surface area contributed by atoms with Gasteiger partial charge in [-0.1, -0.05) is 41.9 Å². The molecule has 0 aliphatic carbocycles. The van der Waals surface area contributed by atoms with Gasteiger partial charge < -0.3 is 14.5 Å². The molecule has 0 spiro atoms. The molecule has 0 aliphatic rings. The molecule has 132 valence electrons. The molecule has 1 aromatic heterocycles. The van der Waals surface area contributed by atoms with E-state index in [1.807, 2.05) is 12.1 Å². The average molecular weight is 371 g/mol. The second kappa shape index (κ2) is 7.84. The summed E-state index contributed by atoms with van der Waals surface area (Å²) >= 11 is 5.86. The second-order valence-electron chi connectivity index (χ2n) is 5.38. The Balaban J connectivity index is 1.85. The number of hydrogen-bond donors (Lipinski definition) is 1. The first-order valence-corrected chi connectivity index (χ1v) is 8.12. The van der Waals surface area contributed by atoms with Crippen molar-refractivity contribution in [3.05, 3.63) is 76.8 Å². The summed E-state index contributed by atoms with van der Waals surface area (Å²) in [6, 6.07) is 14.0. The molecule has 26 heavy (non-hydrogen) atoms. The minimum atomic E-state index is -0.634. The first kappa shape index (κ1) is 17.7. The summed E-state index contributed by atoms with van der Waals surface area (Å²) in [6.07, 6.45) is 1.14. The van der Waals surface area contributed by atoms with Crippen molar-refractivity contribution in [1.82, 2.24) is 10.3 Å². The van der Waals surface area contributed by atoms with E-state index in [1.54, 1.807) is 36.4 Å². The van der Waals surface area contributed by atoms with Gasteiger partial charge in [-0.25, -0.2) is 9.78 Å². The lowest BCUT2D eigenvalue weighted by Gasteiger charge is -2.09. The molecule has 1 amide bonds. The summed E-state index contributed by atoms with van der Waals surface area (Å²) in [5.41, 5.74) is 1.75. The number of aromatic nitrogens is 1. The number of benzene rings is 2. The van der Waals surface area contributed by atoms with Gasteiger partial charge in [-0.15, -0.1) is 0 Å². The summed E-state index contributed by atoms with van der Waals surface area (Å²) in [7, 11) is 1.26. The third-order valence-corrected chi connectivity index (χ3v) is 3.98. The SMILES string of the molecule is COC(=O)c1ncoc1-c1ccccc1C(=O)NCc1ccc(Cl)cc1. The van der Waals surface area contributed by atoms with Gasteiger partial charge >= 0.3 is 5.97 Å². The first-order chi connectivity index (χ1) is 12.6. The molecule has 0 bridgehead atoms. The van der Waals surface area contributed by atoms with Gasteiger partial charge in [-0.05, 0) is 23.8 Å². The number of nitrogens with one attached hydrogen (secondary N) is 1. The quantitative estimate of drug-likeness (QED) is 0.692. The average Bonchev–Trinajstić information content (AvgIpc) is 3.16. The molecule has 2 aromatic carbocycles. The van der Waals surface area contributed by atoms with Crippen molar-refractivity contribution in [2.75, 3.05) is 7.11 Å². The number of amides is 1. The van der Waals surface area contributed by atoms with Crippen LogP contribution >= 0.6 is 11.6 Å². The van der Waals surface area contributed by atoms with Crippen molar-refractivity contribution in [3.8, 4) is 11.3 Å². The summed E-state index contributed by atoms with van der Waals surface area (Å²) in [5.74, 6) is -0.748. The molecule has 3 aromatic rings. The lowest BCUT2D eigenvalue weighted by atomic mass is 10.0. The maximum atomic E-state index is 12.6. The van der Waals surface area contributed by atoms with E-state index in [1.165, 1.54) is 7.11 Å². The molecule has 6 nitrogen and oxygen atoms in total. The summed E-state index contributed by atoms with van der Waals surface area (Å²) < 4.78 is 10.0. The topological polar surface area (TPSA) is 81.4 Å². The fraction of sp³-hybridized carbons (Fsp3) is 0.105. The van der Waals surface area contributed by atoms with Gasteiger partial charge in [0.15, 0.2) is 17.8 Å². The molecule has 3 rings (SSSR count). The fourth-order valence-electron chi connectivity index (χ4n) is 2.44. The van der Waals surface area contributed by atoms with Crippen LogP contribution in [0.15, 0.2) is 59.3 Å². The predicted molar refractivity (Wildman–Crippen MR) is 95.9 cm³/mol. The first-order valence-electron chi connectivity index (χ1n) is 7.74. The van der Waals surface area contributed by atoms with Crippen molar-refractivity contribution in [3.63, 3.8) is 0 Å². The van der Waals surface area contributed by atoms with Gasteiger partial charge in [0.1, 0.15) is 0 Å². The smallest absolute Gasteiger partial charge is 0.360 e. The molecule has 0 atom stereocenters. The van der Waals surface area contributed by atoms with E-state index in [-0.39, 0.29) is 17.4 Å². The third-order valence-electron chi connectivity index (χ3n) is 3.73. The molecule has 0 saturated heterocycles. The number of carbonyl (C=O) groups excluding carboxylic acids is 2. The van der Waals surface area contributed by atoms with Crippen LogP contribution in [-0.2, 0) is 11.3 Å². The number of ether oxygens (including phenoxy) is 1. The van der Waals surface area contributed by atoms with Crippen LogP contribution in [0.25, 0.3) is 11.3 Å². The number of carbonyl (C=O) groups is 2. The maximum absolute atomic E-state index is 12.6. The van der Waals surface area contributed by atoms with E-state index >= 15 is 0 Å². The lowest BCUT2D eigenvalue weighted by Crippen LogP contribution is -2.23. The highest BCUT2D eigenvalue weighted by atomic mass is 35.5. The lowest BCUT2D eigenvalue weighted by molar-refractivity contribution is 0.0595. The van der Waals surface area contributed by atoms with E-state index in [0.29, 0.717) is 22.7 Å². The Bertz CT molecular complexity index is 935. The van der Waals surface area contributed by atoms with Crippen LogP contribution < -0.4 is 5.32 Å². The Labute approximate surface area is 154 Å². The monoisotopic (exact) mass is 370 g/mol. The van der Waals surface area contributed by atoms with E-state index in [2.05, 4.69) is 10.3 Å². The molecular weight excluding hydrogens is 356 g/mol. The fourth-order valence-corrected chi connectivity index (χ4v) is 2.56. The summed E-state index contributed by atoms with van der Waals surface area (Å²) in [5, 5.41) is 3.47. The van der Waals surface area contributed by atoms with Gasteiger partial charge in [-0.3, -0.25) is 4.79 Å². The molecule has 1 heterocycles.